The Morgan fingerprint density at radius 2 is 2.19 bits per heavy atom. The van der Waals surface area contributed by atoms with E-state index >= 15 is 0 Å². The van der Waals surface area contributed by atoms with Gasteiger partial charge in [-0.05, 0) is 60.0 Å². The van der Waals surface area contributed by atoms with Crippen LogP contribution in [-0.2, 0) is 0 Å². The minimum atomic E-state index is 0.133. The van der Waals surface area contributed by atoms with Gasteiger partial charge in [0.25, 0.3) is 0 Å². The van der Waals surface area contributed by atoms with Crippen molar-refractivity contribution in [1.82, 2.24) is 15.3 Å². The third-order valence-electron chi connectivity index (χ3n) is 3.79. The van der Waals surface area contributed by atoms with E-state index in [0.29, 0.717) is 11.9 Å². The molecule has 1 unspecified atom stereocenters. The van der Waals surface area contributed by atoms with Crippen LogP contribution in [0.3, 0.4) is 0 Å². The van der Waals surface area contributed by atoms with E-state index in [4.69, 9.17) is 4.74 Å². The molecule has 21 heavy (non-hydrogen) atoms. The third-order valence-corrected chi connectivity index (χ3v) is 3.79. The molecule has 1 aromatic heterocycles. The quantitative estimate of drug-likeness (QED) is 0.873. The van der Waals surface area contributed by atoms with Crippen molar-refractivity contribution in [1.29, 1.82) is 0 Å². The van der Waals surface area contributed by atoms with E-state index in [1.165, 1.54) is 19.3 Å². The summed E-state index contributed by atoms with van der Waals surface area (Å²) in [5, 5.41) is 3.24. The SMILES string of the molecule is CNCCC1CCCCN1c1nc(C)cc(OC(C)C)n1. The van der Waals surface area contributed by atoms with Crippen molar-refractivity contribution in [2.24, 2.45) is 0 Å². The van der Waals surface area contributed by atoms with Crippen LogP contribution in [0.25, 0.3) is 0 Å². The van der Waals surface area contributed by atoms with Gasteiger partial charge in [0, 0.05) is 24.3 Å². The molecule has 1 atom stereocenters. The van der Waals surface area contributed by atoms with Crippen LogP contribution in [0, 0.1) is 6.92 Å². The molecule has 1 saturated heterocycles. The van der Waals surface area contributed by atoms with Crippen molar-refractivity contribution in [2.45, 2.75) is 58.6 Å². The van der Waals surface area contributed by atoms with E-state index in [-0.39, 0.29) is 6.10 Å². The first kappa shape index (κ1) is 16.0. The van der Waals surface area contributed by atoms with Crippen molar-refractivity contribution >= 4 is 5.95 Å². The first-order valence-corrected chi connectivity index (χ1v) is 8.03. The fraction of sp³-hybridized carbons (Fsp3) is 0.750. The highest BCUT2D eigenvalue weighted by molar-refractivity contribution is 5.36. The maximum Gasteiger partial charge on any atom is 0.229 e. The molecular formula is C16H28N4O. The van der Waals surface area contributed by atoms with Gasteiger partial charge in [-0.15, -0.1) is 0 Å². The summed E-state index contributed by atoms with van der Waals surface area (Å²) >= 11 is 0. The van der Waals surface area contributed by atoms with Crippen molar-refractivity contribution in [3.63, 3.8) is 0 Å². The molecule has 1 aromatic rings. The number of aryl methyl sites for hydroxylation is 1. The molecule has 5 nitrogen and oxygen atoms in total. The molecule has 1 aliphatic rings. The fourth-order valence-corrected chi connectivity index (χ4v) is 2.83. The van der Waals surface area contributed by atoms with E-state index in [2.05, 4.69) is 20.2 Å². The number of piperidine rings is 1. The van der Waals surface area contributed by atoms with Crippen LogP contribution >= 0.6 is 0 Å². The average molecular weight is 292 g/mol. The zero-order chi connectivity index (χ0) is 15.2. The van der Waals surface area contributed by atoms with Crippen LogP contribution in [0.4, 0.5) is 5.95 Å². The maximum absolute atomic E-state index is 5.75. The minimum Gasteiger partial charge on any atom is -0.475 e. The highest BCUT2D eigenvalue weighted by Gasteiger charge is 2.24. The molecule has 0 amide bonds. The van der Waals surface area contributed by atoms with Crippen molar-refractivity contribution < 1.29 is 4.74 Å². The smallest absolute Gasteiger partial charge is 0.229 e. The zero-order valence-corrected chi connectivity index (χ0v) is 13.7. The highest BCUT2D eigenvalue weighted by atomic mass is 16.5. The topological polar surface area (TPSA) is 50.3 Å². The second-order valence-corrected chi connectivity index (χ2v) is 6.05. The van der Waals surface area contributed by atoms with Gasteiger partial charge in [0.1, 0.15) is 0 Å². The second kappa shape index (κ2) is 7.59. The lowest BCUT2D eigenvalue weighted by molar-refractivity contribution is 0.232. The molecule has 0 radical (unpaired) electrons. The fourth-order valence-electron chi connectivity index (χ4n) is 2.83. The monoisotopic (exact) mass is 292 g/mol. The average Bonchev–Trinajstić information content (AvgIpc) is 2.44. The Kier molecular flexibility index (Phi) is 5.79. The number of hydrogen-bond acceptors (Lipinski definition) is 5. The van der Waals surface area contributed by atoms with E-state index in [1.54, 1.807) is 0 Å². The molecule has 1 aliphatic heterocycles. The maximum atomic E-state index is 5.75. The van der Waals surface area contributed by atoms with Gasteiger partial charge >= 0.3 is 0 Å². The number of ether oxygens (including phenoxy) is 1. The van der Waals surface area contributed by atoms with Gasteiger partial charge < -0.3 is 15.0 Å². The van der Waals surface area contributed by atoms with Crippen LogP contribution in [0.1, 0.15) is 45.2 Å². The number of rotatable bonds is 6. The van der Waals surface area contributed by atoms with Gasteiger partial charge in [-0.1, -0.05) is 0 Å². The number of nitrogens with zero attached hydrogens (tertiary/aromatic N) is 3. The van der Waals surface area contributed by atoms with Crippen molar-refractivity contribution in [3.8, 4) is 5.88 Å². The van der Waals surface area contributed by atoms with E-state index in [1.807, 2.05) is 33.9 Å². The number of anilines is 1. The summed E-state index contributed by atoms with van der Waals surface area (Å²) in [4.78, 5) is 11.6. The molecule has 1 fully saturated rings. The summed E-state index contributed by atoms with van der Waals surface area (Å²) in [5.74, 6) is 1.51. The molecule has 0 aliphatic carbocycles. The molecular weight excluding hydrogens is 264 g/mol. The zero-order valence-electron chi connectivity index (χ0n) is 13.7. The predicted molar refractivity (Wildman–Crippen MR) is 86.1 cm³/mol. The van der Waals surface area contributed by atoms with E-state index in [0.717, 1.165) is 31.2 Å². The summed E-state index contributed by atoms with van der Waals surface area (Å²) in [6.07, 6.45) is 5.00. The summed E-state index contributed by atoms with van der Waals surface area (Å²) < 4.78 is 5.75. The lowest BCUT2D eigenvalue weighted by Gasteiger charge is -2.36. The Hall–Kier alpha value is -1.36. The van der Waals surface area contributed by atoms with Gasteiger partial charge in [0.15, 0.2) is 0 Å². The lowest BCUT2D eigenvalue weighted by atomic mass is 10.00. The van der Waals surface area contributed by atoms with Crippen LogP contribution in [0.2, 0.25) is 0 Å². The van der Waals surface area contributed by atoms with Crippen molar-refractivity contribution in [3.05, 3.63) is 11.8 Å². The van der Waals surface area contributed by atoms with Crippen LogP contribution in [-0.4, -0.2) is 42.3 Å². The Labute approximate surface area is 128 Å². The van der Waals surface area contributed by atoms with Crippen LogP contribution < -0.4 is 15.0 Å². The van der Waals surface area contributed by atoms with Gasteiger partial charge in [-0.25, -0.2) is 4.98 Å². The molecule has 5 heteroatoms. The Morgan fingerprint density at radius 1 is 1.38 bits per heavy atom. The number of nitrogens with one attached hydrogen (secondary N) is 1. The molecule has 0 bridgehead atoms. The summed E-state index contributed by atoms with van der Waals surface area (Å²) in [6.45, 7) is 8.12. The van der Waals surface area contributed by atoms with Gasteiger partial charge in [-0.3, -0.25) is 0 Å². The first-order valence-electron chi connectivity index (χ1n) is 8.03. The number of hydrogen-bond donors (Lipinski definition) is 1. The molecule has 0 spiro atoms. The normalized spacial score (nSPS) is 19.1. The molecule has 0 saturated carbocycles. The summed E-state index contributed by atoms with van der Waals surface area (Å²) in [5.41, 5.74) is 0.966. The van der Waals surface area contributed by atoms with Crippen LogP contribution in [0.15, 0.2) is 6.07 Å². The lowest BCUT2D eigenvalue weighted by Crippen LogP contribution is -2.42. The van der Waals surface area contributed by atoms with Crippen LogP contribution in [0.5, 0.6) is 5.88 Å². The molecule has 118 valence electrons. The Balaban J connectivity index is 2.18. The number of aromatic nitrogens is 2. The minimum absolute atomic E-state index is 0.133. The van der Waals surface area contributed by atoms with E-state index in [9.17, 15) is 0 Å². The molecule has 1 N–H and O–H groups in total. The second-order valence-electron chi connectivity index (χ2n) is 6.05. The molecule has 2 rings (SSSR count). The first-order chi connectivity index (χ1) is 10.1. The standard InChI is InChI=1S/C16H28N4O/c1-12(2)21-15-11-13(3)18-16(19-15)20-10-6-5-7-14(20)8-9-17-4/h11-12,14,17H,5-10H2,1-4H3. The third kappa shape index (κ3) is 4.56. The van der Waals surface area contributed by atoms with Gasteiger partial charge in [0.2, 0.25) is 11.8 Å². The molecule has 0 aromatic carbocycles. The Bertz CT molecular complexity index is 450. The van der Waals surface area contributed by atoms with Gasteiger partial charge in [-0.2, -0.15) is 4.98 Å². The van der Waals surface area contributed by atoms with Gasteiger partial charge in [0.05, 0.1) is 6.10 Å². The summed E-state index contributed by atoms with van der Waals surface area (Å²) in [6, 6.07) is 2.44. The van der Waals surface area contributed by atoms with Crippen molar-refractivity contribution in [2.75, 3.05) is 25.0 Å². The highest BCUT2D eigenvalue weighted by Crippen LogP contribution is 2.25. The Morgan fingerprint density at radius 3 is 2.90 bits per heavy atom. The molecule has 2 heterocycles. The van der Waals surface area contributed by atoms with E-state index < -0.39 is 0 Å². The summed E-state index contributed by atoms with van der Waals surface area (Å²) in [7, 11) is 2.00. The largest absolute Gasteiger partial charge is 0.475 e. The predicted octanol–water partition coefficient (Wildman–Crippen LogP) is 2.54.